The molecule has 0 aliphatic carbocycles. The molecule has 0 saturated carbocycles. The zero-order chi connectivity index (χ0) is 20.0. The van der Waals surface area contributed by atoms with Crippen LogP contribution in [0.1, 0.15) is 37.5 Å². The minimum atomic E-state index is -0.737. The molecule has 142 valence electrons. The number of carbonyl (C=O) groups is 2. The summed E-state index contributed by atoms with van der Waals surface area (Å²) in [6, 6.07) is 13.1. The maximum Gasteiger partial charge on any atom is 0.267 e. The fourth-order valence-corrected chi connectivity index (χ4v) is 2.44. The maximum atomic E-state index is 12.3. The van der Waals surface area contributed by atoms with E-state index in [1.54, 1.807) is 26.0 Å². The molecular weight excluding hydrogens is 342 g/mol. The van der Waals surface area contributed by atoms with Gasteiger partial charge < -0.3 is 15.5 Å². The highest BCUT2D eigenvalue weighted by atomic mass is 16.6. The lowest BCUT2D eigenvalue weighted by Gasteiger charge is -2.13. The molecule has 1 unspecified atom stereocenters. The van der Waals surface area contributed by atoms with Crippen LogP contribution in [0.5, 0.6) is 0 Å². The molecule has 0 aliphatic rings. The van der Waals surface area contributed by atoms with Crippen molar-refractivity contribution in [3.63, 3.8) is 0 Å². The number of aryl methyl sites for hydroxylation is 2. The molecule has 2 aromatic carbocycles. The Hall–Kier alpha value is -3.15. The normalized spacial score (nSPS) is 12.3. The second kappa shape index (κ2) is 8.98. The second-order valence-corrected chi connectivity index (χ2v) is 6.49. The van der Waals surface area contributed by atoms with Crippen LogP contribution in [-0.2, 0) is 14.4 Å². The van der Waals surface area contributed by atoms with E-state index in [0.717, 1.165) is 22.4 Å². The average molecular weight is 367 g/mol. The van der Waals surface area contributed by atoms with E-state index in [1.165, 1.54) is 6.92 Å². The van der Waals surface area contributed by atoms with Crippen LogP contribution in [0.15, 0.2) is 47.6 Å². The Morgan fingerprint density at radius 2 is 1.67 bits per heavy atom. The van der Waals surface area contributed by atoms with E-state index in [0.29, 0.717) is 11.4 Å². The standard InChI is InChI=1S/C21H25N3O3/c1-13-6-11-20(14(2)12-13)23-21(26)16(4)27-24-15(3)18-7-9-19(10-8-18)22-17(5)25/h6-12,16H,1-5H3,(H,22,25)(H,23,26)/b24-15+. The molecule has 0 radical (unpaired) electrons. The summed E-state index contributed by atoms with van der Waals surface area (Å²) in [5.41, 5.74) is 5.08. The number of hydrogen-bond acceptors (Lipinski definition) is 4. The van der Waals surface area contributed by atoms with Gasteiger partial charge in [0.1, 0.15) is 0 Å². The summed E-state index contributed by atoms with van der Waals surface area (Å²) in [4.78, 5) is 28.7. The number of rotatable bonds is 6. The third-order valence-electron chi connectivity index (χ3n) is 3.98. The van der Waals surface area contributed by atoms with E-state index >= 15 is 0 Å². The molecule has 0 heterocycles. The third-order valence-corrected chi connectivity index (χ3v) is 3.98. The van der Waals surface area contributed by atoms with E-state index in [-0.39, 0.29) is 11.8 Å². The Morgan fingerprint density at radius 1 is 1.00 bits per heavy atom. The number of nitrogens with one attached hydrogen (secondary N) is 2. The van der Waals surface area contributed by atoms with E-state index in [1.807, 2.05) is 44.2 Å². The molecule has 2 N–H and O–H groups in total. The third kappa shape index (κ3) is 5.95. The molecule has 1 atom stereocenters. The maximum absolute atomic E-state index is 12.3. The fourth-order valence-electron chi connectivity index (χ4n) is 2.44. The molecule has 0 spiro atoms. The van der Waals surface area contributed by atoms with Gasteiger partial charge in [-0.1, -0.05) is 35.0 Å². The van der Waals surface area contributed by atoms with Crippen LogP contribution >= 0.6 is 0 Å². The van der Waals surface area contributed by atoms with Gasteiger partial charge in [0.15, 0.2) is 0 Å². The molecular formula is C21H25N3O3. The number of benzene rings is 2. The molecule has 0 bridgehead atoms. The number of hydrogen-bond donors (Lipinski definition) is 2. The largest absolute Gasteiger partial charge is 0.382 e. The van der Waals surface area contributed by atoms with E-state index in [4.69, 9.17) is 4.84 Å². The highest BCUT2D eigenvalue weighted by Crippen LogP contribution is 2.17. The van der Waals surface area contributed by atoms with Gasteiger partial charge in [-0.15, -0.1) is 0 Å². The van der Waals surface area contributed by atoms with Crippen molar-refractivity contribution in [2.75, 3.05) is 10.6 Å². The smallest absolute Gasteiger partial charge is 0.267 e. The molecule has 0 saturated heterocycles. The Morgan fingerprint density at radius 3 is 2.26 bits per heavy atom. The van der Waals surface area contributed by atoms with Gasteiger partial charge in [0, 0.05) is 18.3 Å². The molecule has 6 heteroatoms. The molecule has 0 aliphatic heterocycles. The first-order valence-electron chi connectivity index (χ1n) is 8.73. The van der Waals surface area contributed by atoms with Crippen LogP contribution in [0, 0.1) is 13.8 Å². The van der Waals surface area contributed by atoms with Crippen molar-refractivity contribution in [2.24, 2.45) is 5.16 Å². The van der Waals surface area contributed by atoms with Crippen molar-refractivity contribution in [3.8, 4) is 0 Å². The lowest BCUT2D eigenvalue weighted by molar-refractivity contribution is -0.126. The quantitative estimate of drug-likeness (QED) is 0.597. The predicted molar refractivity (Wildman–Crippen MR) is 108 cm³/mol. The van der Waals surface area contributed by atoms with Crippen LogP contribution in [0.3, 0.4) is 0 Å². The minimum absolute atomic E-state index is 0.125. The summed E-state index contributed by atoms with van der Waals surface area (Å²) in [7, 11) is 0. The number of anilines is 2. The predicted octanol–water partition coefficient (Wildman–Crippen LogP) is 4.03. The SMILES string of the molecule is CC(=O)Nc1ccc(/C(C)=N/OC(C)C(=O)Nc2ccc(C)cc2C)cc1. The van der Waals surface area contributed by atoms with Crippen LogP contribution in [-0.4, -0.2) is 23.6 Å². The van der Waals surface area contributed by atoms with Crippen LogP contribution in [0.25, 0.3) is 0 Å². The Bertz CT molecular complexity index is 857. The Labute approximate surface area is 159 Å². The van der Waals surface area contributed by atoms with Crippen LogP contribution in [0.2, 0.25) is 0 Å². The van der Waals surface area contributed by atoms with Gasteiger partial charge in [-0.05, 0) is 57.0 Å². The lowest BCUT2D eigenvalue weighted by atomic mass is 10.1. The molecule has 2 amide bonds. The van der Waals surface area contributed by atoms with Gasteiger partial charge in [0.25, 0.3) is 5.91 Å². The lowest BCUT2D eigenvalue weighted by Crippen LogP contribution is -2.27. The highest BCUT2D eigenvalue weighted by Gasteiger charge is 2.15. The van der Waals surface area contributed by atoms with Gasteiger partial charge in [-0.25, -0.2) is 0 Å². The average Bonchev–Trinajstić information content (AvgIpc) is 2.61. The van der Waals surface area contributed by atoms with Crippen molar-refractivity contribution in [2.45, 2.75) is 40.7 Å². The number of oxime groups is 1. The van der Waals surface area contributed by atoms with Gasteiger partial charge in [-0.3, -0.25) is 9.59 Å². The van der Waals surface area contributed by atoms with Gasteiger partial charge in [0.05, 0.1) is 5.71 Å². The van der Waals surface area contributed by atoms with E-state index < -0.39 is 6.10 Å². The monoisotopic (exact) mass is 367 g/mol. The van der Waals surface area contributed by atoms with Crippen LogP contribution in [0.4, 0.5) is 11.4 Å². The zero-order valence-electron chi connectivity index (χ0n) is 16.3. The topological polar surface area (TPSA) is 79.8 Å². The van der Waals surface area contributed by atoms with Gasteiger partial charge in [0.2, 0.25) is 12.0 Å². The van der Waals surface area contributed by atoms with Gasteiger partial charge in [-0.2, -0.15) is 0 Å². The van der Waals surface area contributed by atoms with Crippen molar-refractivity contribution < 1.29 is 14.4 Å². The summed E-state index contributed by atoms with van der Waals surface area (Å²) in [6.07, 6.45) is -0.737. The van der Waals surface area contributed by atoms with Crippen molar-refractivity contribution in [1.29, 1.82) is 0 Å². The van der Waals surface area contributed by atoms with Crippen molar-refractivity contribution >= 4 is 28.9 Å². The summed E-state index contributed by atoms with van der Waals surface area (Å²) >= 11 is 0. The molecule has 0 aromatic heterocycles. The number of carbonyl (C=O) groups excluding carboxylic acids is 2. The Balaban J connectivity index is 1.96. The van der Waals surface area contributed by atoms with Gasteiger partial charge >= 0.3 is 0 Å². The summed E-state index contributed by atoms with van der Waals surface area (Å²) in [5, 5.41) is 9.61. The van der Waals surface area contributed by atoms with Crippen molar-refractivity contribution in [1.82, 2.24) is 0 Å². The highest BCUT2D eigenvalue weighted by molar-refractivity contribution is 5.99. The van der Waals surface area contributed by atoms with Crippen molar-refractivity contribution in [3.05, 3.63) is 59.2 Å². The first kappa shape index (κ1) is 20.2. The van der Waals surface area contributed by atoms with Crippen LogP contribution < -0.4 is 10.6 Å². The summed E-state index contributed by atoms with van der Waals surface area (Å²) < 4.78 is 0. The molecule has 6 nitrogen and oxygen atoms in total. The first-order chi connectivity index (χ1) is 12.8. The summed E-state index contributed by atoms with van der Waals surface area (Å²) in [6.45, 7) is 8.85. The minimum Gasteiger partial charge on any atom is -0.382 e. The number of nitrogens with zero attached hydrogens (tertiary/aromatic N) is 1. The molecule has 2 aromatic rings. The molecule has 27 heavy (non-hydrogen) atoms. The molecule has 2 rings (SSSR count). The van der Waals surface area contributed by atoms with E-state index in [2.05, 4.69) is 15.8 Å². The fraction of sp³-hybridized carbons (Fsp3) is 0.286. The first-order valence-corrected chi connectivity index (χ1v) is 8.73. The number of amides is 2. The molecule has 0 fully saturated rings. The zero-order valence-corrected chi connectivity index (χ0v) is 16.3. The van der Waals surface area contributed by atoms with E-state index in [9.17, 15) is 9.59 Å². The Kier molecular flexibility index (Phi) is 6.71. The second-order valence-electron chi connectivity index (χ2n) is 6.49. The summed E-state index contributed by atoms with van der Waals surface area (Å²) in [5.74, 6) is -0.389.